The number of carbonyl (C=O) groups is 1. The van der Waals surface area contributed by atoms with Crippen molar-refractivity contribution in [1.82, 2.24) is 10.6 Å². The molecule has 0 spiro atoms. The van der Waals surface area contributed by atoms with Gasteiger partial charge in [0.1, 0.15) is 0 Å². The Morgan fingerprint density at radius 1 is 1.22 bits per heavy atom. The van der Waals surface area contributed by atoms with Gasteiger partial charge in [-0.1, -0.05) is 26.0 Å². The van der Waals surface area contributed by atoms with Crippen LogP contribution in [0.15, 0.2) is 29.3 Å². The van der Waals surface area contributed by atoms with E-state index in [-0.39, 0.29) is 5.91 Å². The van der Waals surface area contributed by atoms with E-state index >= 15 is 0 Å². The summed E-state index contributed by atoms with van der Waals surface area (Å²) in [6.07, 6.45) is 0.533. The number of rotatable bonds is 7. The van der Waals surface area contributed by atoms with Gasteiger partial charge in [-0.25, -0.2) is 4.99 Å². The van der Waals surface area contributed by atoms with Gasteiger partial charge in [0.2, 0.25) is 5.91 Å². The van der Waals surface area contributed by atoms with Crippen molar-refractivity contribution in [3.8, 4) is 0 Å². The minimum absolute atomic E-state index is 0.0514. The molecule has 0 aliphatic rings. The topological polar surface area (TPSA) is 65.5 Å². The summed E-state index contributed by atoms with van der Waals surface area (Å²) in [5.41, 5.74) is 1.89. The third-order valence-electron chi connectivity index (χ3n) is 2.99. The monoisotopic (exact) mass is 318 g/mol. The second-order valence-electron chi connectivity index (χ2n) is 6.34. The fourth-order valence-corrected chi connectivity index (χ4v) is 2.09. The first-order valence-corrected chi connectivity index (χ1v) is 8.34. The molecule has 0 aliphatic carbocycles. The van der Waals surface area contributed by atoms with Crippen LogP contribution < -0.4 is 16.0 Å². The number of hydrogen-bond acceptors (Lipinski definition) is 2. The molecule has 0 aromatic heterocycles. The molecule has 23 heavy (non-hydrogen) atoms. The van der Waals surface area contributed by atoms with Gasteiger partial charge in [0, 0.05) is 24.7 Å². The van der Waals surface area contributed by atoms with Crippen LogP contribution >= 0.6 is 0 Å². The molecule has 0 atom stereocenters. The highest BCUT2D eigenvalue weighted by molar-refractivity contribution is 5.90. The number of aliphatic imine (C=N–C) groups is 1. The predicted molar refractivity (Wildman–Crippen MR) is 97.6 cm³/mol. The quantitative estimate of drug-likeness (QED) is 0.534. The molecule has 3 N–H and O–H groups in total. The van der Waals surface area contributed by atoms with Crippen molar-refractivity contribution in [2.24, 2.45) is 10.9 Å². The second-order valence-corrected chi connectivity index (χ2v) is 6.34. The van der Waals surface area contributed by atoms with E-state index in [0.29, 0.717) is 24.9 Å². The van der Waals surface area contributed by atoms with Gasteiger partial charge in [0.15, 0.2) is 5.96 Å². The Bertz CT molecular complexity index is 524. The Balaban J connectivity index is 2.70. The smallest absolute Gasteiger partial charge is 0.224 e. The Hall–Kier alpha value is -2.04. The highest BCUT2D eigenvalue weighted by Crippen LogP contribution is 2.13. The summed E-state index contributed by atoms with van der Waals surface area (Å²) < 4.78 is 0. The van der Waals surface area contributed by atoms with Crippen molar-refractivity contribution in [3.63, 3.8) is 0 Å². The molecular formula is C18H30N4O. The Labute approximate surface area is 140 Å². The molecule has 0 radical (unpaired) electrons. The number of guanidine groups is 1. The number of benzene rings is 1. The van der Waals surface area contributed by atoms with E-state index in [4.69, 9.17) is 0 Å². The van der Waals surface area contributed by atoms with E-state index in [0.717, 1.165) is 23.8 Å². The summed E-state index contributed by atoms with van der Waals surface area (Å²) in [7, 11) is 0. The molecule has 0 unspecified atom stereocenters. The van der Waals surface area contributed by atoms with Crippen LogP contribution in [0.1, 0.15) is 46.6 Å². The first-order chi connectivity index (χ1) is 10.9. The average molecular weight is 318 g/mol. The SMILES string of the molecule is CCNC(=NCc1cccc(NC(=O)CC(C)C)c1)NC(C)C. The molecule has 0 saturated heterocycles. The van der Waals surface area contributed by atoms with Crippen molar-refractivity contribution < 1.29 is 4.79 Å². The van der Waals surface area contributed by atoms with Crippen molar-refractivity contribution in [1.29, 1.82) is 0 Å². The maximum atomic E-state index is 11.8. The van der Waals surface area contributed by atoms with Crippen molar-refractivity contribution >= 4 is 17.6 Å². The van der Waals surface area contributed by atoms with Gasteiger partial charge < -0.3 is 16.0 Å². The van der Waals surface area contributed by atoms with Crippen LogP contribution in [0.25, 0.3) is 0 Å². The van der Waals surface area contributed by atoms with Crippen LogP contribution in [-0.2, 0) is 11.3 Å². The largest absolute Gasteiger partial charge is 0.357 e. The lowest BCUT2D eigenvalue weighted by Crippen LogP contribution is -2.40. The van der Waals surface area contributed by atoms with Crippen LogP contribution in [0.4, 0.5) is 5.69 Å². The molecule has 128 valence electrons. The van der Waals surface area contributed by atoms with E-state index in [9.17, 15) is 4.79 Å². The first kappa shape index (κ1) is 19.0. The molecule has 5 heteroatoms. The lowest BCUT2D eigenvalue weighted by atomic mass is 10.1. The lowest BCUT2D eigenvalue weighted by molar-refractivity contribution is -0.116. The van der Waals surface area contributed by atoms with Crippen molar-refractivity contribution in [2.45, 2.75) is 53.6 Å². The van der Waals surface area contributed by atoms with Gasteiger partial charge >= 0.3 is 0 Å². The number of amides is 1. The summed E-state index contributed by atoms with van der Waals surface area (Å²) >= 11 is 0. The molecule has 0 fully saturated rings. The zero-order valence-electron chi connectivity index (χ0n) is 14.9. The number of anilines is 1. The molecule has 1 aromatic rings. The molecule has 0 aliphatic heterocycles. The highest BCUT2D eigenvalue weighted by atomic mass is 16.1. The van der Waals surface area contributed by atoms with Gasteiger partial charge in [0.05, 0.1) is 6.54 Å². The Kier molecular flexibility index (Phi) is 8.16. The van der Waals surface area contributed by atoms with E-state index in [1.807, 2.05) is 45.0 Å². The van der Waals surface area contributed by atoms with E-state index < -0.39 is 0 Å². The molecule has 0 saturated carbocycles. The van der Waals surface area contributed by atoms with E-state index in [2.05, 4.69) is 34.8 Å². The van der Waals surface area contributed by atoms with Crippen molar-refractivity contribution in [2.75, 3.05) is 11.9 Å². The Morgan fingerprint density at radius 2 is 1.96 bits per heavy atom. The summed E-state index contributed by atoms with van der Waals surface area (Å²) in [6.45, 7) is 11.7. The zero-order chi connectivity index (χ0) is 17.2. The predicted octanol–water partition coefficient (Wildman–Crippen LogP) is 3.13. The summed E-state index contributed by atoms with van der Waals surface area (Å²) in [6, 6.07) is 8.16. The summed E-state index contributed by atoms with van der Waals surface area (Å²) in [4.78, 5) is 16.4. The molecule has 1 amide bonds. The number of nitrogens with zero attached hydrogens (tertiary/aromatic N) is 1. The summed E-state index contributed by atoms with van der Waals surface area (Å²) in [5, 5.41) is 9.45. The molecule has 1 rings (SSSR count). The van der Waals surface area contributed by atoms with Crippen molar-refractivity contribution in [3.05, 3.63) is 29.8 Å². The van der Waals surface area contributed by atoms with Gasteiger partial charge in [-0.05, 0) is 44.4 Å². The van der Waals surface area contributed by atoms with Gasteiger partial charge in [0.25, 0.3) is 0 Å². The van der Waals surface area contributed by atoms with Gasteiger partial charge in [-0.3, -0.25) is 4.79 Å². The third kappa shape index (κ3) is 8.24. The molecule has 5 nitrogen and oxygen atoms in total. The molecule has 0 heterocycles. The second kappa shape index (κ2) is 9.87. The first-order valence-electron chi connectivity index (χ1n) is 8.34. The fraction of sp³-hybridized carbons (Fsp3) is 0.556. The van der Waals surface area contributed by atoms with Crippen LogP contribution in [-0.4, -0.2) is 24.5 Å². The zero-order valence-corrected chi connectivity index (χ0v) is 14.9. The minimum Gasteiger partial charge on any atom is -0.357 e. The number of hydrogen-bond donors (Lipinski definition) is 3. The summed E-state index contributed by atoms with van der Waals surface area (Å²) in [5.74, 6) is 1.21. The molecular weight excluding hydrogens is 288 g/mol. The van der Waals surface area contributed by atoms with Crippen LogP contribution in [0.2, 0.25) is 0 Å². The number of carbonyl (C=O) groups excluding carboxylic acids is 1. The third-order valence-corrected chi connectivity index (χ3v) is 2.99. The molecule has 0 bridgehead atoms. The lowest BCUT2D eigenvalue weighted by Gasteiger charge is -2.14. The standard InChI is InChI=1S/C18H30N4O/c1-6-19-18(21-14(4)5)20-12-15-8-7-9-16(11-15)22-17(23)10-13(2)3/h7-9,11,13-14H,6,10,12H2,1-5H3,(H,22,23)(H2,19,20,21). The van der Waals surface area contributed by atoms with E-state index in [1.165, 1.54) is 0 Å². The highest BCUT2D eigenvalue weighted by Gasteiger charge is 2.06. The minimum atomic E-state index is 0.0514. The average Bonchev–Trinajstić information content (AvgIpc) is 2.44. The molecule has 1 aromatic carbocycles. The number of nitrogens with one attached hydrogen (secondary N) is 3. The fourth-order valence-electron chi connectivity index (χ4n) is 2.09. The van der Waals surface area contributed by atoms with Crippen LogP contribution in [0.5, 0.6) is 0 Å². The van der Waals surface area contributed by atoms with E-state index in [1.54, 1.807) is 0 Å². The maximum absolute atomic E-state index is 11.8. The maximum Gasteiger partial charge on any atom is 0.224 e. The normalized spacial score (nSPS) is 11.7. The van der Waals surface area contributed by atoms with Crippen LogP contribution in [0.3, 0.4) is 0 Å². The van der Waals surface area contributed by atoms with Crippen LogP contribution in [0, 0.1) is 5.92 Å². The van der Waals surface area contributed by atoms with Gasteiger partial charge in [-0.2, -0.15) is 0 Å². The Morgan fingerprint density at radius 3 is 2.57 bits per heavy atom. The van der Waals surface area contributed by atoms with Gasteiger partial charge in [-0.15, -0.1) is 0 Å².